The van der Waals surface area contributed by atoms with Gasteiger partial charge in [0, 0.05) is 21.2 Å². The first-order valence-electron chi connectivity index (χ1n) is 9.00. The van der Waals surface area contributed by atoms with Gasteiger partial charge in [-0.1, -0.05) is 36.4 Å². The standard InChI is InChI=1S/C20H21ClN4O5S/c1-4-17(26)22-15-9-8-14(31-13-7-5-6-12(21)10-13)11-16(15)23-18(24-19(27)29-2)25-20(28)30-3/h5-11H,4H2,1-3H3,(H,22,26)(H2,23,24,25,27,28). The fourth-order valence-corrected chi connectivity index (χ4v) is 3.35. The molecule has 0 fully saturated rings. The van der Waals surface area contributed by atoms with Crippen molar-refractivity contribution in [1.82, 2.24) is 10.6 Å². The van der Waals surface area contributed by atoms with Gasteiger partial charge in [-0.25, -0.2) is 14.6 Å². The number of anilines is 1. The van der Waals surface area contributed by atoms with E-state index in [9.17, 15) is 14.4 Å². The number of nitrogens with zero attached hydrogens (tertiary/aromatic N) is 1. The molecule has 2 aromatic rings. The van der Waals surface area contributed by atoms with Crippen LogP contribution < -0.4 is 16.0 Å². The van der Waals surface area contributed by atoms with Gasteiger partial charge in [-0.2, -0.15) is 0 Å². The Bertz CT molecular complexity index is 979. The summed E-state index contributed by atoms with van der Waals surface area (Å²) in [7, 11) is 2.33. The van der Waals surface area contributed by atoms with E-state index < -0.39 is 12.2 Å². The molecule has 3 N–H and O–H groups in total. The Labute approximate surface area is 188 Å². The van der Waals surface area contributed by atoms with Crippen molar-refractivity contribution in [3.8, 4) is 0 Å². The molecular formula is C20H21ClN4O5S. The normalized spacial score (nSPS) is 9.94. The predicted molar refractivity (Wildman–Crippen MR) is 119 cm³/mol. The van der Waals surface area contributed by atoms with Crippen molar-refractivity contribution in [2.24, 2.45) is 4.99 Å². The molecule has 0 spiro atoms. The van der Waals surface area contributed by atoms with Gasteiger partial charge in [-0.05, 0) is 36.4 Å². The van der Waals surface area contributed by atoms with Crippen LogP contribution in [0.15, 0.2) is 57.2 Å². The molecular weight excluding hydrogens is 444 g/mol. The minimum atomic E-state index is -0.848. The van der Waals surface area contributed by atoms with Crippen LogP contribution in [0.1, 0.15) is 13.3 Å². The van der Waals surface area contributed by atoms with E-state index in [1.54, 1.807) is 31.2 Å². The molecule has 11 heteroatoms. The van der Waals surface area contributed by atoms with Gasteiger partial charge < -0.3 is 14.8 Å². The van der Waals surface area contributed by atoms with Gasteiger partial charge >= 0.3 is 12.2 Å². The Kier molecular flexibility index (Phi) is 9.16. The molecule has 0 aliphatic heterocycles. The molecule has 0 aliphatic rings. The van der Waals surface area contributed by atoms with E-state index in [4.69, 9.17) is 11.6 Å². The Morgan fingerprint density at radius 1 is 1.00 bits per heavy atom. The largest absolute Gasteiger partial charge is 0.453 e. The minimum Gasteiger partial charge on any atom is -0.453 e. The summed E-state index contributed by atoms with van der Waals surface area (Å²) >= 11 is 7.47. The molecule has 0 radical (unpaired) electrons. The maximum Gasteiger partial charge on any atom is 0.413 e. The smallest absolute Gasteiger partial charge is 0.413 e. The Balaban J connectivity index is 2.46. The molecule has 31 heavy (non-hydrogen) atoms. The van der Waals surface area contributed by atoms with E-state index in [-0.39, 0.29) is 24.0 Å². The molecule has 2 rings (SSSR count). The lowest BCUT2D eigenvalue weighted by atomic mass is 10.2. The third-order valence-electron chi connectivity index (χ3n) is 3.64. The molecule has 0 aromatic heterocycles. The van der Waals surface area contributed by atoms with Gasteiger partial charge in [0.15, 0.2) is 0 Å². The second kappa shape index (κ2) is 11.8. The lowest BCUT2D eigenvalue weighted by Gasteiger charge is -2.13. The Morgan fingerprint density at radius 2 is 1.65 bits per heavy atom. The summed E-state index contributed by atoms with van der Waals surface area (Å²) in [6.45, 7) is 1.71. The van der Waals surface area contributed by atoms with Crippen molar-refractivity contribution in [3.63, 3.8) is 0 Å². The highest BCUT2D eigenvalue weighted by Crippen LogP contribution is 2.35. The zero-order chi connectivity index (χ0) is 22.8. The van der Waals surface area contributed by atoms with Crippen LogP contribution in [-0.4, -0.2) is 38.3 Å². The first kappa shape index (κ1) is 24.0. The topological polar surface area (TPSA) is 118 Å². The van der Waals surface area contributed by atoms with Crippen molar-refractivity contribution in [2.75, 3.05) is 19.5 Å². The number of methoxy groups -OCH3 is 2. The molecule has 9 nitrogen and oxygen atoms in total. The number of guanidine groups is 1. The summed E-state index contributed by atoms with van der Waals surface area (Å²) in [6, 6.07) is 12.5. The first-order chi connectivity index (χ1) is 14.8. The van der Waals surface area contributed by atoms with E-state index in [0.29, 0.717) is 10.7 Å². The maximum absolute atomic E-state index is 11.9. The van der Waals surface area contributed by atoms with E-state index in [0.717, 1.165) is 9.79 Å². The molecule has 0 unspecified atom stereocenters. The number of nitrogens with one attached hydrogen (secondary N) is 3. The van der Waals surface area contributed by atoms with Crippen molar-refractivity contribution >= 4 is 58.8 Å². The molecule has 0 saturated heterocycles. The molecule has 0 atom stereocenters. The number of amides is 3. The van der Waals surface area contributed by atoms with Gasteiger partial charge in [0.1, 0.15) is 0 Å². The van der Waals surface area contributed by atoms with Crippen LogP contribution in [0.4, 0.5) is 21.0 Å². The number of hydrogen-bond donors (Lipinski definition) is 3. The lowest BCUT2D eigenvalue weighted by Crippen LogP contribution is -2.43. The number of carbonyl (C=O) groups is 3. The van der Waals surface area contributed by atoms with E-state index in [2.05, 4.69) is 30.4 Å². The molecule has 164 valence electrons. The lowest BCUT2D eigenvalue weighted by molar-refractivity contribution is -0.115. The monoisotopic (exact) mass is 464 g/mol. The third kappa shape index (κ3) is 7.83. The Hall–Kier alpha value is -3.24. The van der Waals surface area contributed by atoms with Gasteiger partial charge in [0.05, 0.1) is 25.6 Å². The van der Waals surface area contributed by atoms with Crippen LogP contribution in [0.25, 0.3) is 0 Å². The fourth-order valence-electron chi connectivity index (χ4n) is 2.18. The van der Waals surface area contributed by atoms with Crippen LogP contribution in [0, 0.1) is 0 Å². The highest BCUT2D eigenvalue weighted by molar-refractivity contribution is 7.99. The van der Waals surface area contributed by atoms with Gasteiger partial charge in [0.25, 0.3) is 0 Å². The molecule has 0 bridgehead atoms. The van der Waals surface area contributed by atoms with Crippen molar-refractivity contribution in [1.29, 1.82) is 0 Å². The quantitative estimate of drug-likeness (QED) is 0.441. The van der Waals surface area contributed by atoms with Gasteiger partial charge in [-0.15, -0.1) is 0 Å². The van der Waals surface area contributed by atoms with Crippen molar-refractivity contribution < 1.29 is 23.9 Å². The minimum absolute atomic E-state index is 0.227. The third-order valence-corrected chi connectivity index (χ3v) is 4.85. The summed E-state index contributed by atoms with van der Waals surface area (Å²) in [5.74, 6) is -0.467. The average Bonchev–Trinajstić information content (AvgIpc) is 2.75. The average molecular weight is 465 g/mol. The fraction of sp³-hybridized carbons (Fsp3) is 0.200. The molecule has 2 aromatic carbocycles. The van der Waals surface area contributed by atoms with Gasteiger partial charge in [-0.3, -0.25) is 15.4 Å². The predicted octanol–water partition coefficient (Wildman–Crippen LogP) is 4.54. The molecule has 0 heterocycles. The zero-order valence-electron chi connectivity index (χ0n) is 17.0. The van der Waals surface area contributed by atoms with Crippen LogP contribution in [0.2, 0.25) is 5.02 Å². The second-order valence-electron chi connectivity index (χ2n) is 5.83. The number of aliphatic imine (C=N–C) groups is 1. The molecule has 0 saturated carbocycles. The first-order valence-corrected chi connectivity index (χ1v) is 10.2. The number of rotatable bonds is 5. The maximum atomic E-state index is 11.9. The highest BCUT2D eigenvalue weighted by atomic mass is 35.5. The van der Waals surface area contributed by atoms with E-state index >= 15 is 0 Å². The van der Waals surface area contributed by atoms with E-state index in [1.807, 2.05) is 18.2 Å². The summed E-state index contributed by atoms with van der Waals surface area (Å²) in [6.07, 6.45) is -1.44. The summed E-state index contributed by atoms with van der Waals surface area (Å²) in [4.78, 5) is 41.2. The second-order valence-corrected chi connectivity index (χ2v) is 7.42. The van der Waals surface area contributed by atoms with Crippen molar-refractivity contribution in [3.05, 3.63) is 47.5 Å². The highest BCUT2D eigenvalue weighted by Gasteiger charge is 2.13. The van der Waals surface area contributed by atoms with Crippen LogP contribution in [0.5, 0.6) is 0 Å². The zero-order valence-corrected chi connectivity index (χ0v) is 18.6. The van der Waals surface area contributed by atoms with E-state index in [1.165, 1.54) is 26.0 Å². The summed E-state index contributed by atoms with van der Waals surface area (Å²) in [5.41, 5.74) is 0.676. The molecule has 3 amide bonds. The number of alkyl carbamates (subject to hydrolysis) is 2. The summed E-state index contributed by atoms with van der Waals surface area (Å²) in [5, 5.41) is 7.92. The summed E-state index contributed by atoms with van der Waals surface area (Å²) < 4.78 is 9.10. The molecule has 0 aliphatic carbocycles. The number of ether oxygens (including phenoxy) is 2. The number of carbonyl (C=O) groups excluding carboxylic acids is 3. The Morgan fingerprint density at radius 3 is 2.23 bits per heavy atom. The van der Waals surface area contributed by atoms with Crippen LogP contribution in [0.3, 0.4) is 0 Å². The number of halogens is 1. The number of hydrogen-bond acceptors (Lipinski definition) is 7. The van der Waals surface area contributed by atoms with Crippen LogP contribution in [-0.2, 0) is 14.3 Å². The SMILES string of the molecule is CCC(=O)Nc1ccc(Sc2cccc(Cl)c2)cc1N=C(NC(=O)OC)NC(=O)OC. The van der Waals surface area contributed by atoms with Crippen LogP contribution >= 0.6 is 23.4 Å². The number of benzene rings is 2. The van der Waals surface area contributed by atoms with Crippen molar-refractivity contribution in [2.45, 2.75) is 23.1 Å². The van der Waals surface area contributed by atoms with Gasteiger partial charge in [0.2, 0.25) is 11.9 Å².